The second kappa shape index (κ2) is 5.66. The molecule has 2 aromatic heterocycles. The Morgan fingerprint density at radius 3 is 3.40 bits per heavy atom. The van der Waals surface area contributed by atoms with Crippen LogP contribution in [0, 0.1) is 5.92 Å². The first-order valence-electron chi connectivity index (χ1n) is 6.67. The smallest absolute Gasteiger partial charge is 0.265 e. The van der Waals surface area contributed by atoms with Gasteiger partial charge >= 0.3 is 0 Å². The summed E-state index contributed by atoms with van der Waals surface area (Å²) in [6.07, 6.45) is 5.90. The Hall–Kier alpha value is -1.82. The highest BCUT2D eigenvalue weighted by molar-refractivity contribution is 7.12. The van der Waals surface area contributed by atoms with Crippen molar-refractivity contribution in [3.8, 4) is 5.75 Å². The molecule has 0 saturated heterocycles. The van der Waals surface area contributed by atoms with Gasteiger partial charge in [-0.1, -0.05) is 0 Å². The molecule has 1 amide bonds. The van der Waals surface area contributed by atoms with E-state index < -0.39 is 0 Å². The van der Waals surface area contributed by atoms with Crippen molar-refractivity contribution < 1.29 is 9.53 Å². The zero-order chi connectivity index (χ0) is 13.9. The molecule has 1 atom stereocenters. The Labute approximate surface area is 121 Å². The number of methoxy groups -OCH3 is 1. The third-order valence-corrected chi connectivity index (χ3v) is 4.53. The van der Waals surface area contributed by atoms with Crippen LogP contribution in [-0.2, 0) is 13.0 Å². The molecule has 0 radical (unpaired) electrons. The lowest BCUT2D eigenvalue weighted by molar-refractivity contribution is 0.0945. The summed E-state index contributed by atoms with van der Waals surface area (Å²) in [6.45, 7) is 1.62. The summed E-state index contributed by atoms with van der Waals surface area (Å²) in [4.78, 5) is 17.1. The lowest BCUT2D eigenvalue weighted by Crippen LogP contribution is -2.33. The fourth-order valence-corrected chi connectivity index (χ4v) is 3.32. The van der Waals surface area contributed by atoms with Crippen molar-refractivity contribution in [2.75, 3.05) is 13.7 Å². The minimum atomic E-state index is -0.0479. The lowest BCUT2D eigenvalue weighted by Gasteiger charge is -2.23. The molecule has 1 unspecified atom stereocenters. The zero-order valence-electron chi connectivity index (χ0n) is 11.3. The monoisotopic (exact) mass is 291 g/mol. The van der Waals surface area contributed by atoms with E-state index in [1.807, 2.05) is 23.8 Å². The number of ether oxygens (including phenoxy) is 1. The number of aromatic nitrogens is 2. The van der Waals surface area contributed by atoms with Crippen LogP contribution in [0.5, 0.6) is 5.75 Å². The van der Waals surface area contributed by atoms with Crippen LogP contribution in [0.15, 0.2) is 23.8 Å². The van der Waals surface area contributed by atoms with Crippen LogP contribution >= 0.6 is 11.3 Å². The van der Waals surface area contributed by atoms with E-state index in [1.54, 1.807) is 7.11 Å². The van der Waals surface area contributed by atoms with E-state index in [2.05, 4.69) is 14.9 Å². The molecule has 2 aromatic rings. The highest BCUT2D eigenvalue weighted by Crippen LogP contribution is 2.24. The van der Waals surface area contributed by atoms with Crippen molar-refractivity contribution in [3.63, 3.8) is 0 Å². The second-order valence-corrected chi connectivity index (χ2v) is 5.84. The van der Waals surface area contributed by atoms with Crippen molar-refractivity contribution in [2.45, 2.75) is 19.4 Å². The lowest BCUT2D eigenvalue weighted by atomic mass is 9.99. The largest absolute Gasteiger partial charge is 0.495 e. The minimum Gasteiger partial charge on any atom is -0.495 e. The van der Waals surface area contributed by atoms with Gasteiger partial charge in [-0.3, -0.25) is 4.79 Å². The van der Waals surface area contributed by atoms with Crippen molar-refractivity contribution in [1.82, 2.24) is 14.9 Å². The molecule has 1 aliphatic rings. The Bertz CT molecular complexity index is 605. The molecule has 0 aromatic carbocycles. The predicted octanol–water partition coefficient (Wildman–Crippen LogP) is 1.95. The maximum absolute atomic E-state index is 12.1. The van der Waals surface area contributed by atoms with E-state index in [0.717, 1.165) is 25.2 Å². The molecule has 3 rings (SSSR count). The minimum absolute atomic E-state index is 0.0479. The standard InChI is InChI=1S/C14H17N3O2S/c1-19-11-4-7-20-13(11)14(18)16-8-10-2-3-12-15-5-6-17(12)9-10/h4-7,10H,2-3,8-9H2,1H3,(H,16,18). The SMILES string of the molecule is COc1ccsc1C(=O)NCC1CCc2nccn2C1. The van der Waals surface area contributed by atoms with Crippen molar-refractivity contribution in [2.24, 2.45) is 5.92 Å². The number of fused-ring (bicyclic) bond motifs is 1. The summed E-state index contributed by atoms with van der Waals surface area (Å²) in [5.74, 6) is 2.21. The number of hydrogen-bond donors (Lipinski definition) is 1. The molecule has 6 heteroatoms. The first-order valence-corrected chi connectivity index (χ1v) is 7.55. The van der Waals surface area contributed by atoms with Gasteiger partial charge in [-0.05, 0) is 23.8 Å². The van der Waals surface area contributed by atoms with Crippen molar-refractivity contribution in [1.29, 1.82) is 0 Å². The number of hydrogen-bond acceptors (Lipinski definition) is 4. The van der Waals surface area contributed by atoms with E-state index in [0.29, 0.717) is 23.1 Å². The van der Waals surface area contributed by atoms with Crippen LogP contribution < -0.4 is 10.1 Å². The van der Waals surface area contributed by atoms with Crippen LogP contribution in [0.1, 0.15) is 21.9 Å². The van der Waals surface area contributed by atoms with E-state index >= 15 is 0 Å². The number of rotatable bonds is 4. The molecule has 5 nitrogen and oxygen atoms in total. The number of aryl methyl sites for hydroxylation is 1. The van der Waals surface area contributed by atoms with Gasteiger partial charge in [0.1, 0.15) is 16.5 Å². The summed E-state index contributed by atoms with van der Waals surface area (Å²) in [5, 5.41) is 4.88. The molecule has 1 aliphatic heterocycles. The normalized spacial score (nSPS) is 17.6. The molecule has 0 aliphatic carbocycles. The van der Waals surface area contributed by atoms with Gasteiger partial charge in [0.15, 0.2) is 0 Å². The average molecular weight is 291 g/mol. The average Bonchev–Trinajstić information content (AvgIpc) is 3.12. The van der Waals surface area contributed by atoms with Crippen LogP contribution in [0.4, 0.5) is 0 Å². The van der Waals surface area contributed by atoms with E-state index in [4.69, 9.17) is 4.74 Å². The van der Waals surface area contributed by atoms with E-state index in [-0.39, 0.29) is 5.91 Å². The second-order valence-electron chi connectivity index (χ2n) is 4.93. The summed E-state index contributed by atoms with van der Waals surface area (Å²) in [6, 6.07) is 1.82. The van der Waals surface area contributed by atoms with Crippen molar-refractivity contribution in [3.05, 3.63) is 34.5 Å². The van der Waals surface area contributed by atoms with E-state index in [1.165, 1.54) is 11.3 Å². The Morgan fingerprint density at radius 2 is 2.55 bits per heavy atom. The zero-order valence-corrected chi connectivity index (χ0v) is 12.2. The topological polar surface area (TPSA) is 56.1 Å². The third-order valence-electron chi connectivity index (χ3n) is 3.64. The van der Waals surface area contributed by atoms with E-state index in [9.17, 15) is 4.79 Å². The molecular formula is C14H17N3O2S. The maximum Gasteiger partial charge on any atom is 0.265 e. The van der Waals surface area contributed by atoms with Crippen LogP contribution in [-0.4, -0.2) is 29.1 Å². The fourth-order valence-electron chi connectivity index (χ4n) is 2.54. The highest BCUT2D eigenvalue weighted by atomic mass is 32.1. The van der Waals surface area contributed by atoms with Gasteiger partial charge in [-0.2, -0.15) is 0 Å². The number of carbonyl (C=O) groups is 1. The van der Waals surface area contributed by atoms with Gasteiger partial charge in [-0.15, -0.1) is 11.3 Å². The third kappa shape index (κ3) is 2.56. The predicted molar refractivity (Wildman–Crippen MR) is 77.2 cm³/mol. The van der Waals surface area contributed by atoms with Gasteiger partial charge in [0.05, 0.1) is 7.11 Å². The van der Waals surface area contributed by atoms with Crippen LogP contribution in [0.2, 0.25) is 0 Å². The molecule has 0 spiro atoms. The van der Waals surface area contributed by atoms with Crippen molar-refractivity contribution >= 4 is 17.2 Å². The summed E-state index contributed by atoms with van der Waals surface area (Å²) >= 11 is 1.41. The Morgan fingerprint density at radius 1 is 1.65 bits per heavy atom. The fraction of sp³-hybridized carbons (Fsp3) is 0.429. The first kappa shape index (κ1) is 13.2. The van der Waals surface area contributed by atoms with Gasteiger partial charge in [0, 0.05) is 31.9 Å². The summed E-state index contributed by atoms with van der Waals surface area (Å²) < 4.78 is 7.34. The summed E-state index contributed by atoms with van der Waals surface area (Å²) in [7, 11) is 1.58. The number of carbonyl (C=O) groups excluding carboxylic acids is 1. The summed E-state index contributed by atoms with van der Waals surface area (Å²) in [5.41, 5.74) is 0. The maximum atomic E-state index is 12.1. The molecule has 106 valence electrons. The highest BCUT2D eigenvalue weighted by Gasteiger charge is 2.20. The van der Waals surface area contributed by atoms with Crippen LogP contribution in [0.25, 0.3) is 0 Å². The number of thiophene rings is 1. The number of nitrogens with one attached hydrogen (secondary N) is 1. The number of imidazole rings is 1. The molecule has 0 saturated carbocycles. The van der Waals surface area contributed by atoms with Gasteiger partial charge < -0.3 is 14.6 Å². The number of nitrogens with zero attached hydrogens (tertiary/aromatic N) is 2. The molecule has 1 N–H and O–H groups in total. The van der Waals surface area contributed by atoms with Gasteiger partial charge in [0.2, 0.25) is 0 Å². The van der Waals surface area contributed by atoms with Gasteiger partial charge in [-0.25, -0.2) is 4.98 Å². The Kier molecular flexibility index (Phi) is 3.73. The molecule has 20 heavy (non-hydrogen) atoms. The molecule has 0 fully saturated rings. The Balaban J connectivity index is 1.57. The number of amides is 1. The van der Waals surface area contributed by atoms with Crippen LogP contribution in [0.3, 0.4) is 0 Å². The van der Waals surface area contributed by atoms with Gasteiger partial charge in [0.25, 0.3) is 5.91 Å². The molecular weight excluding hydrogens is 274 g/mol. The first-order chi connectivity index (χ1) is 9.78. The molecule has 0 bridgehead atoms. The quantitative estimate of drug-likeness (QED) is 0.936. The molecule has 3 heterocycles.